The summed E-state index contributed by atoms with van der Waals surface area (Å²) in [4.78, 5) is 22.4. The Bertz CT molecular complexity index is 843. The molecular formula is C16H17N3O. The fourth-order valence-electron chi connectivity index (χ4n) is 2.57. The number of hydrogen-bond acceptors (Lipinski definition) is 2. The van der Waals surface area contributed by atoms with Crippen LogP contribution in [-0.4, -0.2) is 15.0 Å². The number of nitrogens with zero attached hydrogens (tertiary/aromatic N) is 1. The highest BCUT2D eigenvalue weighted by Gasteiger charge is 2.12. The van der Waals surface area contributed by atoms with Gasteiger partial charge in [0, 0.05) is 23.5 Å². The molecule has 0 aromatic carbocycles. The molecule has 0 radical (unpaired) electrons. The van der Waals surface area contributed by atoms with E-state index in [1.165, 1.54) is 0 Å². The van der Waals surface area contributed by atoms with Crippen LogP contribution < -0.4 is 5.56 Å². The second-order valence-corrected chi connectivity index (χ2v) is 5.09. The zero-order valence-corrected chi connectivity index (χ0v) is 11.9. The molecule has 0 bridgehead atoms. The first-order chi connectivity index (χ1) is 9.60. The molecule has 0 saturated heterocycles. The maximum absolute atomic E-state index is 11.5. The highest BCUT2D eigenvalue weighted by molar-refractivity contribution is 5.83. The first-order valence-corrected chi connectivity index (χ1v) is 6.78. The summed E-state index contributed by atoms with van der Waals surface area (Å²) in [7, 11) is 0. The highest BCUT2D eigenvalue weighted by atomic mass is 16.1. The van der Waals surface area contributed by atoms with E-state index in [4.69, 9.17) is 4.98 Å². The maximum Gasteiger partial charge on any atom is 0.248 e. The lowest BCUT2D eigenvalue weighted by Crippen LogP contribution is -2.08. The zero-order valence-electron chi connectivity index (χ0n) is 11.9. The SMILES string of the molecule is CCc1[nH]c(=O)ccc1-c1nc2c(C)c[nH]c2cc1C. The number of hydrogen-bond donors (Lipinski definition) is 2. The van der Waals surface area contributed by atoms with Gasteiger partial charge in [-0.3, -0.25) is 4.79 Å². The fraction of sp³-hybridized carbons (Fsp3) is 0.250. The van der Waals surface area contributed by atoms with Crippen LogP contribution in [-0.2, 0) is 6.42 Å². The summed E-state index contributed by atoms with van der Waals surface area (Å²) < 4.78 is 0. The van der Waals surface area contributed by atoms with E-state index in [0.717, 1.165) is 45.5 Å². The van der Waals surface area contributed by atoms with Crippen molar-refractivity contribution < 1.29 is 0 Å². The maximum atomic E-state index is 11.5. The average molecular weight is 267 g/mol. The molecule has 0 fully saturated rings. The molecule has 4 nitrogen and oxygen atoms in total. The van der Waals surface area contributed by atoms with Gasteiger partial charge < -0.3 is 9.97 Å². The van der Waals surface area contributed by atoms with E-state index in [1.54, 1.807) is 6.07 Å². The molecular weight excluding hydrogens is 250 g/mol. The molecule has 0 aliphatic heterocycles. The van der Waals surface area contributed by atoms with Gasteiger partial charge in [-0.15, -0.1) is 0 Å². The van der Waals surface area contributed by atoms with Crippen molar-refractivity contribution in [2.75, 3.05) is 0 Å². The molecule has 0 spiro atoms. The largest absolute Gasteiger partial charge is 0.360 e. The van der Waals surface area contributed by atoms with Gasteiger partial charge in [0.05, 0.1) is 16.7 Å². The van der Waals surface area contributed by atoms with E-state index in [-0.39, 0.29) is 5.56 Å². The molecule has 0 aliphatic rings. The summed E-state index contributed by atoms with van der Waals surface area (Å²) in [5, 5.41) is 0. The lowest BCUT2D eigenvalue weighted by Gasteiger charge is -2.10. The molecule has 0 aliphatic carbocycles. The van der Waals surface area contributed by atoms with Gasteiger partial charge in [0.25, 0.3) is 0 Å². The summed E-state index contributed by atoms with van der Waals surface area (Å²) in [6.45, 7) is 6.12. The van der Waals surface area contributed by atoms with E-state index in [1.807, 2.05) is 33.0 Å². The van der Waals surface area contributed by atoms with Crippen LogP contribution in [0.4, 0.5) is 0 Å². The number of nitrogens with one attached hydrogen (secondary N) is 2. The third kappa shape index (κ3) is 1.93. The summed E-state index contributed by atoms with van der Waals surface area (Å²) in [6.07, 6.45) is 2.74. The van der Waals surface area contributed by atoms with Crippen molar-refractivity contribution in [3.63, 3.8) is 0 Å². The Balaban J connectivity index is 2.31. The molecule has 20 heavy (non-hydrogen) atoms. The fourth-order valence-corrected chi connectivity index (χ4v) is 2.57. The van der Waals surface area contributed by atoms with Gasteiger partial charge >= 0.3 is 0 Å². The van der Waals surface area contributed by atoms with E-state index in [0.29, 0.717) is 0 Å². The van der Waals surface area contributed by atoms with E-state index < -0.39 is 0 Å². The lowest BCUT2D eigenvalue weighted by atomic mass is 10.0. The molecule has 3 heterocycles. The number of pyridine rings is 2. The Kier molecular flexibility index (Phi) is 2.93. The average Bonchev–Trinajstić information content (AvgIpc) is 2.79. The summed E-state index contributed by atoms with van der Waals surface area (Å²) in [5.74, 6) is 0. The topological polar surface area (TPSA) is 61.5 Å². The third-order valence-corrected chi connectivity index (χ3v) is 3.64. The Morgan fingerprint density at radius 2 is 2.00 bits per heavy atom. The zero-order chi connectivity index (χ0) is 14.3. The van der Waals surface area contributed by atoms with Crippen LogP contribution in [0.5, 0.6) is 0 Å². The van der Waals surface area contributed by atoms with Gasteiger partial charge in [-0.25, -0.2) is 4.98 Å². The Morgan fingerprint density at radius 3 is 2.75 bits per heavy atom. The molecule has 3 rings (SSSR count). The van der Waals surface area contributed by atoms with Crippen LogP contribution in [0.25, 0.3) is 22.3 Å². The highest BCUT2D eigenvalue weighted by Crippen LogP contribution is 2.27. The van der Waals surface area contributed by atoms with Gasteiger partial charge in [0.15, 0.2) is 0 Å². The smallest absolute Gasteiger partial charge is 0.248 e. The lowest BCUT2D eigenvalue weighted by molar-refractivity contribution is 1.01. The standard InChI is InChI=1S/C16H17N3O/c1-4-12-11(5-6-14(20)18-12)15-9(2)7-13-16(19-15)10(3)8-17-13/h5-8,17H,4H2,1-3H3,(H,18,20). The number of rotatable bonds is 2. The summed E-state index contributed by atoms with van der Waals surface area (Å²) in [5.41, 5.74) is 7.07. The van der Waals surface area contributed by atoms with Crippen molar-refractivity contribution in [3.05, 3.63) is 51.6 Å². The van der Waals surface area contributed by atoms with E-state index in [9.17, 15) is 4.79 Å². The van der Waals surface area contributed by atoms with Gasteiger partial charge in [-0.2, -0.15) is 0 Å². The quantitative estimate of drug-likeness (QED) is 0.749. The molecule has 3 aromatic rings. The van der Waals surface area contributed by atoms with Crippen LogP contribution in [0, 0.1) is 13.8 Å². The van der Waals surface area contributed by atoms with Crippen LogP contribution in [0.3, 0.4) is 0 Å². The predicted octanol–water partition coefficient (Wildman–Crippen LogP) is 3.10. The number of aromatic nitrogens is 3. The molecule has 0 amide bonds. The Hall–Kier alpha value is -2.36. The minimum atomic E-state index is -0.0674. The molecule has 4 heteroatoms. The van der Waals surface area contributed by atoms with Gasteiger partial charge in [-0.05, 0) is 43.5 Å². The summed E-state index contributed by atoms with van der Waals surface area (Å²) in [6, 6.07) is 5.53. The van der Waals surface area contributed by atoms with E-state index in [2.05, 4.69) is 16.0 Å². The second kappa shape index (κ2) is 4.63. The number of fused-ring (bicyclic) bond motifs is 1. The molecule has 2 N–H and O–H groups in total. The van der Waals surface area contributed by atoms with Crippen molar-refractivity contribution in [2.24, 2.45) is 0 Å². The summed E-state index contributed by atoms with van der Waals surface area (Å²) >= 11 is 0. The normalized spacial score (nSPS) is 11.2. The minimum absolute atomic E-state index is 0.0674. The molecule has 3 aromatic heterocycles. The van der Waals surface area contributed by atoms with Crippen molar-refractivity contribution in [2.45, 2.75) is 27.2 Å². The van der Waals surface area contributed by atoms with Gasteiger partial charge in [0.2, 0.25) is 5.56 Å². The van der Waals surface area contributed by atoms with Crippen LogP contribution in [0.15, 0.2) is 29.2 Å². The van der Waals surface area contributed by atoms with Crippen LogP contribution in [0.2, 0.25) is 0 Å². The third-order valence-electron chi connectivity index (χ3n) is 3.64. The number of H-pyrrole nitrogens is 2. The molecule has 0 saturated carbocycles. The van der Waals surface area contributed by atoms with Crippen LogP contribution >= 0.6 is 0 Å². The monoisotopic (exact) mass is 267 g/mol. The van der Waals surface area contributed by atoms with Crippen molar-refractivity contribution in [1.82, 2.24) is 15.0 Å². The Labute approximate surface area is 116 Å². The predicted molar refractivity (Wildman–Crippen MR) is 81.0 cm³/mol. The number of aromatic amines is 2. The first-order valence-electron chi connectivity index (χ1n) is 6.78. The van der Waals surface area contributed by atoms with E-state index >= 15 is 0 Å². The second-order valence-electron chi connectivity index (χ2n) is 5.09. The van der Waals surface area contributed by atoms with Crippen molar-refractivity contribution in [3.8, 4) is 11.3 Å². The van der Waals surface area contributed by atoms with Crippen LogP contribution in [0.1, 0.15) is 23.7 Å². The minimum Gasteiger partial charge on any atom is -0.360 e. The van der Waals surface area contributed by atoms with Gasteiger partial charge in [-0.1, -0.05) is 6.92 Å². The molecule has 102 valence electrons. The first kappa shape index (κ1) is 12.7. The van der Waals surface area contributed by atoms with Crippen molar-refractivity contribution >= 4 is 11.0 Å². The van der Waals surface area contributed by atoms with Gasteiger partial charge in [0.1, 0.15) is 0 Å². The molecule has 0 atom stereocenters. The Morgan fingerprint density at radius 1 is 1.20 bits per heavy atom. The van der Waals surface area contributed by atoms with Crippen molar-refractivity contribution in [1.29, 1.82) is 0 Å². The number of aryl methyl sites for hydroxylation is 3. The molecule has 0 unspecified atom stereocenters.